The fourth-order valence-electron chi connectivity index (χ4n) is 2.97. The van der Waals surface area contributed by atoms with E-state index >= 15 is 0 Å². The predicted molar refractivity (Wildman–Crippen MR) is 100 cm³/mol. The van der Waals surface area contributed by atoms with Gasteiger partial charge in [-0.2, -0.15) is 4.98 Å². The molecule has 26 heavy (non-hydrogen) atoms. The van der Waals surface area contributed by atoms with Crippen molar-refractivity contribution in [3.8, 4) is 11.4 Å². The molecule has 0 fully saturated rings. The molecule has 0 radical (unpaired) electrons. The number of halogens is 1. The maximum atomic E-state index is 12.1. The minimum absolute atomic E-state index is 0.101. The molecule has 2 aromatic heterocycles. The van der Waals surface area contributed by atoms with Crippen LogP contribution in [0.25, 0.3) is 22.4 Å². The molecule has 0 amide bonds. The Morgan fingerprint density at radius 2 is 2.00 bits per heavy atom. The largest absolute Gasteiger partial charge is 0.339 e. The topological polar surface area (TPSA) is 76.7 Å². The first kappa shape index (κ1) is 16.6. The molecule has 4 rings (SSSR count). The molecule has 2 heterocycles. The van der Waals surface area contributed by atoms with Gasteiger partial charge in [-0.25, -0.2) is 4.79 Å². The van der Waals surface area contributed by atoms with Crippen LogP contribution in [0.15, 0.2) is 51.8 Å². The molecule has 0 saturated heterocycles. The summed E-state index contributed by atoms with van der Waals surface area (Å²) in [7, 11) is 0. The van der Waals surface area contributed by atoms with Gasteiger partial charge in [-0.1, -0.05) is 35.8 Å². The smallest absolute Gasteiger partial charge is 0.326 e. The van der Waals surface area contributed by atoms with Crippen molar-refractivity contribution < 1.29 is 4.52 Å². The van der Waals surface area contributed by atoms with Crippen molar-refractivity contribution in [3.63, 3.8) is 0 Å². The normalized spacial score (nSPS) is 11.3. The Morgan fingerprint density at radius 3 is 2.77 bits per heavy atom. The molecular weight excluding hydrogens is 352 g/mol. The number of hydrogen-bond donors (Lipinski definition) is 1. The van der Waals surface area contributed by atoms with Crippen LogP contribution >= 0.6 is 11.6 Å². The number of aromatic nitrogens is 4. The van der Waals surface area contributed by atoms with Gasteiger partial charge in [0.15, 0.2) is 0 Å². The van der Waals surface area contributed by atoms with Gasteiger partial charge in [0.05, 0.1) is 17.5 Å². The molecule has 0 saturated carbocycles. The molecule has 0 aliphatic carbocycles. The molecule has 132 valence electrons. The van der Waals surface area contributed by atoms with E-state index in [1.54, 1.807) is 4.57 Å². The van der Waals surface area contributed by atoms with E-state index in [2.05, 4.69) is 15.1 Å². The second kappa shape index (κ2) is 6.80. The highest BCUT2D eigenvalue weighted by Gasteiger charge is 2.12. The third-order valence-corrected chi connectivity index (χ3v) is 4.47. The Kier molecular flexibility index (Phi) is 4.34. The number of rotatable bonds is 5. The van der Waals surface area contributed by atoms with E-state index in [1.807, 2.05) is 49.4 Å². The van der Waals surface area contributed by atoms with Crippen molar-refractivity contribution in [2.24, 2.45) is 0 Å². The number of aryl methyl sites for hydroxylation is 1. The van der Waals surface area contributed by atoms with Crippen LogP contribution in [0, 0.1) is 0 Å². The lowest BCUT2D eigenvalue weighted by Gasteiger charge is -2.00. The number of hydrogen-bond acceptors (Lipinski definition) is 4. The van der Waals surface area contributed by atoms with E-state index < -0.39 is 0 Å². The summed E-state index contributed by atoms with van der Waals surface area (Å²) in [5.74, 6) is 1.03. The first-order valence-electron chi connectivity index (χ1n) is 8.44. The summed E-state index contributed by atoms with van der Waals surface area (Å²) in [5, 5.41) is 4.75. The Morgan fingerprint density at radius 1 is 1.19 bits per heavy atom. The molecule has 4 aromatic rings. The van der Waals surface area contributed by atoms with Gasteiger partial charge in [0.25, 0.3) is 0 Å². The standard InChI is InChI=1S/C19H17ClN4O2/c1-2-9-24-16-8-5-13(11-15(16)21-19(24)25)18-22-17(26-23-18)10-12-3-6-14(20)7-4-12/h3-8,11H,2,9-10H2,1H3,(H,21,25). The highest BCUT2D eigenvalue weighted by molar-refractivity contribution is 6.30. The van der Waals surface area contributed by atoms with Crippen molar-refractivity contribution >= 4 is 22.6 Å². The predicted octanol–water partition coefficient (Wildman–Crippen LogP) is 4.03. The molecule has 0 aliphatic heterocycles. The molecule has 7 heteroatoms. The lowest BCUT2D eigenvalue weighted by atomic mass is 10.1. The van der Waals surface area contributed by atoms with E-state index in [0.29, 0.717) is 29.7 Å². The Balaban J connectivity index is 1.62. The summed E-state index contributed by atoms with van der Waals surface area (Å²) < 4.78 is 7.10. The number of benzene rings is 2. The highest BCUT2D eigenvalue weighted by Crippen LogP contribution is 2.22. The Labute approximate surface area is 154 Å². The lowest BCUT2D eigenvalue weighted by molar-refractivity contribution is 0.385. The number of fused-ring (bicyclic) bond motifs is 1. The second-order valence-corrected chi connectivity index (χ2v) is 6.57. The maximum Gasteiger partial charge on any atom is 0.326 e. The van der Waals surface area contributed by atoms with Crippen molar-refractivity contribution in [1.29, 1.82) is 0 Å². The molecular formula is C19H17ClN4O2. The number of nitrogens with one attached hydrogen (secondary N) is 1. The van der Waals surface area contributed by atoms with Gasteiger partial charge in [-0.15, -0.1) is 0 Å². The van der Waals surface area contributed by atoms with Gasteiger partial charge in [0.1, 0.15) is 0 Å². The third-order valence-electron chi connectivity index (χ3n) is 4.22. The van der Waals surface area contributed by atoms with Crippen LogP contribution in [-0.4, -0.2) is 19.7 Å². The van der Waals surface area contributed by atoms with Crippen LogP contribution in [-0.2, 0) is 13.0 Å². The van der Waals surface area contributed by atoms with Gasteiger partial charge < -0.3 is 9.51 Å². The van der Waals surface area contributed by atoms with Gasteiger partial charge in [-0.3, -0.25) is 4.57 Å². The minimum Gasteiger partial charge on any atom is -0.339 e. The summed E-state index contributed by atoms with van der Waals surface area (Å²) in [6.07, 6.45) is 1.43. The zero-order chi connectivity index (χ0) is 18.1. The van der Waals surface area contributed by atoms with E-state index in [9.17, 15) is 4.79 Å². The fourth-order valence-corrected chi connectivity index (χ4v) is 3.10. The first-order valence-corrected chi connectivity index (χ1v) is 8.82. The highest BCUT2D eigenvalue weighted by atomic mass is 35.5. The van der Waals surface area contributed by atoms with Crippen LogP contribution in [0.3, 0.4) is 0 Å². The number of H-pyrrole nitrogens is 1. The molecule has 6 nitrogen and oxygen atoms in total. The average molecular weight is 369 g/mol. The summed E-state index contributed by atoms with van der Waals surface area (Å²) in [6, 6.07) is 13.2. The Hall–Kier alpha value is -2.86. The molecule has 0 spiro atoms. The number of aromatic amines is 1. The van der Waals surface area contributed by atoms with E-state index in [1.165, 1.54) is 0 Å². The fraction of sp³-hybridized carbons (Fsp3) is 0.211. The van der Waals surface area contributed by atoms with Crippen molar-refractivity contribution in [3.05, 3.63) is 69.4 Å². The molecule has 0 aliphatic rings. The zero-order valence-corrected chi connectivity index (χ0v) is 15.0. The van der Waals surface area contributed by atoms with Crippen LogP contribution in [0.2, 0.25) is 5.02 Å². The lowest BCUT2D eigenvalue weighted by Crippen LogP contribution is -2.16. The molecule has 0 bridgehead atoms. The third kappa shape index (κ3) is 3.15. The van der Waals surface area contributed by atoms with Crippen LogP contribution in [0.5, 0.6) is 0 Å². The van der Waals surface area contributed by atoms with Crippen LogP contribution in [0.1, 0.15) is 24.8 Å². The van der Waals surface area contributed by atoms with Crippen LogP contribution < -0.4 is 5.69 Å². The monoisotopic (exact) mass is 368 g/mol. The van der Waals surface area contributed by atoms with E-state index in [4.69, 9.17) is 16.1 Å². The molecule has 0 atom stereocenters. The summed E-state index contributed by atoms with van der Waals surface area (Å²) >= 11 is 5.90. The maximum absolute atomic E-state index is 12.1. The summed E-state index contributed by atoms with van der Waals surface area (Å²) in [5.41, 5.74) is 3.39. The SMILES string of the molecule is CCCn1c(=O)[nH]c2cc(-c3noc(Cc4ccc(Cl)cc4)n3)ccc21. The van der Waals surface area contributed by atoms with Crippen molar-refractivity contribution in [1.82, 2.24) is 19.7 Å². The molecule has 2 aromatic carbocycles. The van der Waals surface area contributed by atoms with E-state index in [0.717, 1.165) is 28.6 Å². The molecule has 1 N–H and O–H groups in total. The average Bonchev–Trinajstić information content (AvgIpc) is 3.22. The first-order chi connectivity index (χ1) is 12.6. The van der Waals surface area contributed by atoms with Gasteiger partial charge in [-0.05, 0) is 42.3 Å². The quantitative estimate of drug-likeness (QED) is 0.577. The molecule has 0 unspecified atom stereocenters. The minimum atomic E-state index is -0.101. The number of imidazole rings is 1. The van der Waals surface area contributed by atoms with Gasteiger partial charge >= 0.3 is 5.69 Å². The van der Waals surface area contributed by atoms with Gasteiger partial charge in [0, 0.05) is 17.1 Å². The Bertz CT molecular complexity index is 1110. The van der Waals surface area contributed by atoms with Crippen molar-refractivity contribution in [2.45, 2.75) is 26.3 Å². The zero-order valence-electron chi connectivity index (χ0n) is 14.2. The van der Waals surface area contributed by atoms with E-state index in [-0.39, 0.29) is 5.69 Å². The van der Waals surface area contributed by atoms with Gasteiger partial charge in [0.2, 0.25) is 11.7 Å². The number of nitrogens with zero attached hydrogens (tertiary/aromatic N) is 3. The summed E-state index contributed by atoms with van der Waals surface area (Å²) in [6.45, 7) is 2.73. The van der Waals surface area contributed by atoms with Crippen LogP contribution in [0.4, 0.5) is 0 Å². The second-order valence-electron chi connectivity index (χ2n) is 6.13. The summed E-state index contributed by atoms with van der Waals surface area (Å²) in [4.78, 5) is 19.4. The van der Waals surface area contributed by atoms with Crippen molar-refractivity contribution in [2.75, 3.05) is 0 Å².